The molecule has 2 N–H and O–H groups in total. The van der Waals surface area contributed by atoms with Crippen molar-refractivity contribution < 1.29 is 4.74 Å². The predicted octanol–water partition coefficient (Wildman–Crippen LogP) is 3.50. The van der Waals surface area contributed by atoms with Crippen LogP contribution in [0.25, 0.3) is 0 Å². The molecule has 1 unspecified atom stereocenters. The Bertz CT molecular complexity index is 403. The van der Waals surface area contributed by atoms with Crippen molar-refractivity contribution in [3.05, 3.63) is 26.6 Å². The second-order valence-corrected chi connectivity index (χ2v) is 5.46. The molecule has 0 spiro atoms. The normalized spacial score (nSPS) is 11.9. The number of ether oxygens (including phenoxy) is 1. The molecule has 4 heteroatoms. The second-order valence-electron chi connectivity index (χ2n) is 3.75. The Morgan fingerprint density at radius 2 is 2.00 bits per heavy atom. The average molecular weight is 361 g/mol. The van der Waals surface area contributed by atoms with Crippen molar-refractivity contribution in [2.45, 2.75) is 25.8 Å². The van der Waals surface area contributed by atoms with Gasteiger partial charge in [-0.3, -0.25) is 0 Å². The molecule has 0 heterocycles. The summed E-state index contributed by atoms with van der Waals surface area (Å²) in [4.78, 5) is 0. The van der Waals surface area contributed by atoms with Gasteiger partial charge in [-0.2, -0.15) is 0 Å². The van der Waals surface area contributed by atoms with E-state index in [0.29, 0.717) is 0 Å². The Morgan fingerprint density at radius 1 is 1.41 bits per heavy atom. The number of terminal acetylenes is 1. The largest absolute Gasteiger partial charge is 0.479 e. The third-order valence-corrected chi connectivity index (χ3v) is 3.56. The molecule has 17 heavy (non-hydrogen) atoms. The Hall–Kier alpha value is -0.500. The van der Waals surface area contributed by atoms with E-state index < -0.39 is 0 Å². The van der Waals surface area contributed by atoms with Crippen molar-refractivity contribution in [2.75, 3.05) is 6.61 Å². The van der Waals surface area contributed by atoms with Crippen LogP contribution in [0.1, 0.15) is 18.9 Å². The van der Waals surface area contributed by atoms with Gasteiger partial charge < -0.3 is 10.5 Å². The first-order valence-corrected chi connectivity index (χ1v) is 6.96. The maximum Gasteiger partial charge on any atom is 0.149 e. The molecule has 2 nitrogen and oxygen atoms in total. The lowest BCUT2D eigenvalue weighted by Gasteiger charge is -2.13. The van der Waals surface area contributed by atoms with Gasteiger partial charge in [0.05, 0.1) is 8.95 Å². The Balaban J connectivity index is 2.89. The van der Waals surface area contributed by atoms with Crippen molar-refractivity contribution in [1.29, 1.82) is 0 Å². The zero-order chi connectivity index (χ0) is 12.8. The molecule has 0 aliphatic rings. The van der Waals surface area contributed by atoms with Gasteiger partial charge in [0, 0.05) is 6.04 Å². The molecular formula is C13H15Br2NO. The summed E-state index contributed by atoms with van der Waals surface area (Å²) in [6.07, 6.45) is 6.98. The quantitative estimate of drug-likeness (QED) is 0.815. The highest BCUT2D eigenvalue weighted by Gasteiger charge is 2.10. The van der Waals surface area contributed by atoms with Gasteiger partial charge in [0.2, 0.25) is 0 Å². The highest BCUT2D eigenvalue weighted by atomic mass is 79.9. The average Bonchev–Trinajstić information content (AvgIpc) is 2.28. The van der Waals surface area contributed by atoms with E-state index in [1.807, 2.05) is 12.1 Å². The second kappa shape index (κ2) is 7.05. The van der Waals surface area contributed by atoms with Gasteiger partial charge in [0.15, 0.2) is 0 Å². The minimum Gasteiger partial charge on any atom is -0.479 e. The molecule has 0 aliphatic heterocycles. The van der Waals surface area contributed by atoms with Gasteiger partial charge in [-0.25, -0.2) is 0 Å². The molecule has 1 aromatic carbocycles. The summed E-state index contributed by atoms with van der Waals surface area (Å²) in [6, 6.07) is 4.23. The van der Waals surface area contributed by atoms with Crippen LogP contribution in [0.2, 0.25) is 0 Å². The van der Waals surface area contributed by atoms with Crippen molar-refractivity contribution in [2.24, 2.45) is 5.73 Å². The maximum atomic E-state index is 5.94. The molecule has 0 bridgehead atoms. The third kappa shape index (κ3) is 4.34. The number of hydrogen-bond donors (Lipinski definition) is 1. The SMILES string of the molecule is C#CCOc1c(Br)cc(CC(N)CC)cc1Br. The summed E-state index contributed by atoms with van der Waals surface area (Å²) in [5.41, 5.74) is 7.11. The van der Waals surface area contributed by atoms with E-state index in [2.05, 4.69) is 44.7 Å². The van der Waals surface area contributed by atoms with Crippen LogP contribution in [0.3, 0.4) is 0 Å². The molecule has 0 aromatic heterocycles. The summed E-state index contributed by atoms with van der Waals surface area (Å²) in [6.45, 7) is 2.34. The number of rotatable bonds is 5. The minimum atomic E-state index is 0.186. The highest BCUT2D eigenvalue weighted by molar-refractivity contribution is 9.11. The fourth-order valence-electron chi connectivity index (χ4n) is 1.43. The maximum absolute atomic E-state index is 5.94. The van der Waals surface area contributed by atoms with Crippen LogP contribution in [0.5, 0.6) is 5.75 Å². The van der Waals surface area contributed by atoms with Crippen LogP contribution in [0.15, 0.2) is 21.1 Å². The Morgan fingerprint density at radius 3 is 2.47 bits per heavy atom. The molecule has 0 amide bonds. The topological polar surface area (TPSA) is 35.2 Å². The van der Waals surface area contributed by atoms with Crippen molar-refractivity contribution in [3.8, 4) is 18.1 Å². The monoisotopic (exact) mass is 359 g/mol. The molecule has 92 valence electrons. The highest BCUT2D eigenvalue weighted by Crippen LogP contribution is 2.35. The van der Waals surface area contributed by atoms with Crippen molar-refractivity contribution in [1.82, 2.24) is 0 Å². The molecule has 0 fully saturated rings. The summed E-state index contributed by atoms with van der Waals surface area (Å²) < 4.78 is 7.22. The van der Waals surface area contributed by atoms with Crippen molar-refractivity contribution >= 4 is 31.9 Å². The van der Waals surface area contributed by atoms with Crippen LogP contribution in [0.4, 0.5) is 0 Å². The van der Waals surface area contributed by atoms with Crippen LogP contribution in [0, 0.1) is 12.3 Å². The number of nitrogens with two attached hydrogens (primary N) is 1. The van der Waals surface area contributed by atoms with E-state index in [4.69, 9.17) is 16.9 Å². The van der Waals surface area contributed by atoms with Crippen LogP contribution in [-0.4, -0.2) is 12.6 Å². The third-order valence-electron chi connectivity index (χ3n) is 2.38. The minimum absolute atomic E-state index is 0.186. The van der Waals surface area contributed by atoms with Gasteiger partial charge in [0.1, 0.15) is 12.4 Å². The lowest BCUT2D eigenvalue weighted by atomic mass is 10.0. The molecule has 0 saturated carbocycles. The molecule has 1 aromatic rings. The first-order valence-electron chi connectivity index (χ1n) is 5.38. The fraction of sp³-hybridized carbons (Fsp3) is 0.385. The molecule has 0 aliphatic carbocycles. The fourth-order valence-corrected chi connectivity index (χ4v) is 2.94. The van der Waals surface area contributed by atoms with Gasteiger partial charge in [-0.15, -0.1) is 6.42 Å². The van der Waals surface area contributed by atoms with E-state index in [9.17, 15) is 0 Å². The number of halogens is 2. The first-order chi connectivity index (χ1) is 8.08. The lowest BCUT2D eigenvalue weighted by Crippen LogP contribution is -2.21. The zero-order valence-electron chi connectivity index (χ0n) is 9.67. The van der Waals surface area contributed by atoms with E-state index in [0.717, 1.165) is 27.5 Å². The lowest BCUT2D eigenvalue weighted by molar-refractivity contribution is 0.365. The van der Waals surface area contributed by atoms with E-state index in [-0.39, 0.29) is 12.6 Å². The van der Waals surface area contributed by atoms with Crippen molar-refractivity contribution in [3.63, 3.8) is 0 Å². The molecule has 1 rings (SSSR count). The van der Waals surface area contributed by atoms with Crippen LogP contribution < -0.4 is 10.5 Å². The summed E-state index contributed by atoms with van der Waals surface area (Å²) in [5, 5.41) is 0. The number of hydrogen-bond acceptors (Lipinski definition) is 2. The molecule has 1 atom stereocenters. The standard InChI is InChI=1S/C13H15Br2NO/c1-3-5-17-13-11(14)7-9(8-12(13)15)6-10(16)4-2/h1,7-8,10H,4-6,16H2,2H3. The summed E-state index contributed by atoms with van der Waals surface area (Å²) in [5.74, 6) is 3.18. The molecule has 0 radical (unpaired) electrons. The first kappa shape index (κ1) is 14.6. The van der Waals surface area contributed by atoms with E-state index in [1.54, 1.807) is 0 Å². The zero-order valence-corrected chi connectivity index (χ0v) is 12.8. The van der Waals surface area contributed by atoms with Gasteiger partial charge >= 0.3 is 0 Å². The smallest absolute Gasteiger partial charge is 0.149 e. The summed E-state index contributed by atoms with van der Waals surface area (Å²) >= 11 is 6.95. The van der Waals surface area contributed by atoms with Gasteiger partial charge in [-0.1, -0.05) is 12.8 Å². The van der Waals surface area contributed by atoms with Gasteiger partial charge in [-0.05, 0) is 62.4 Å². The van der Waals surface area contributed by atoms with E-state index >= 15 is 0 Å². The van der Waals surface area contributed by atoms with Gasteiger partial charge in [0.25, 0.3) is 0 Å². The van der Waals surface area contributed by atoms with E-state index in [1.165, 1.54) is 5.56 Å². The molecule has 0 saturated heterocycles. The van der Waals surface area contributed by atoms with Crippen LogP contribution in [-0.2, 0) is 6.42 Å². The predicted molar refractivity (Wildman–Crippen MR) is 78.1 cm³/mol. The summed E-state index contributed by atoms with van der Waals surface area (Å²) in [7, 11) is 0. The number of benzene rings is 1. The van der Waals surface area contributed by atoms with Crippen LogP contribution >= 0.6 is 31.9 Å². The molecular weight excluding hydrogens is 346 g/mol. The Labute approximate surface area is 119 Å². The Kier molecular flexibility index (Phi) is 6.04.